The number of likely N-dealkylation sites (tertiary alicyclic amines) is 1. The topological polar surface area (TPSA) is 66.8 Å². The fourth-order valence-electron chi connectivity index (χ4n) is 3.60. The maximum atomic E-state index is 12.9. The third-order valence-corrected chi connectivity index (χ3v) is 5.30. The highest BCUT2D eigenvalue weighted by atomic mass is 35.5. The first kappa shape index (κ1) is 17.1. The van der Waals surface area contributed by atoms with Gasteiger partial charge in [-0.1, -0.05) is 11.6 Å². The van der Waals surface area contributed by atoms with Crippen molar-refractivity contribution in [3.63, 3.8) is 0 Å². The van der Waals surface area contributed by atoms with Crippen molar-refractivity contribution in [1.29, 1.82) is 0 Å². The third-order valence-electron chi connectivity index (χ3n) is 5.07. The predicted molar refractivity (Wildman–Crippen MR) is 90.5 cm³/mol. The van der Waals surface area contributed by atoms with Crippen LogP contribution in [0.3, 0.4) is 0 Å². The van der Waals surface area contributed by atoms with Crippen LogP contribution in [0.4, 0.5) is 0 Å². The number of benzene rings is 1. The number of aliphatic carboxylic acids is 1. The molecule has 1 saturated heterocycles. The molecule has 0 radical (unpaired) electrons. The molecule has 2 fully saturated rings. The number of piperidine rings is 1. The summed E-state index contributed by atoms with van der Waals surface area (Å²) < 4.78 is 5.73. The zero-order valence-electron chi connectivity index (χ0n) is 13.9. The van der Waals surface area contributed by atoms with Gasteiger partial charge in [-0.25, -0.2) is 0 Å². The Balaban J connectivity index is 1.72. The second-order valence-corrected chi connectivity index (χ2v) is 7.49. The van der Waals surface area contributed by atoms with Gasteiger partial charge in [0.15, 0.2) is 0 Å². The van der Waals surface area contributed by atoms with Gasteiger partial charge in [-0.15, -0.1) is 0 Å². The molecule has 3 rings (SSSR count). The first-order chi connectivity index (χ1) is 11.3. The van der Waals surface area contributed by atoms with Gasteiger partial charge in [-0.3, -0.25) is 9.59 Å². The van der Waals surface area contributed by atoms with Crippen molar-refractivity contribution in [3.05, 3.63) is 28.8 Å². The van der Waals surface area contributed by atoms with E-state index < -0.39 is 5.97 Å². The molecular formula is C18H22ClNO4. The number of carbonyl (C=O) groups excluding carboxylic acids is 1. The van der Waals surface area contributed by atoms with E-state index in [1.54, 1.807) is 23.1 Å². The van der Waals surface area contributed by atoms with Gasteiger partial charge in [0.05, 0.1) is 17.6 Å². The molecule has 2 aliphatic rings. The van der Waals surface area contributed by atoms with Gasteiger partial charge in [0.2, 0.25) is 0 Å². The van der Waals surface area contributed by atoms with Crippen molar-refractivity contribution in [2.45, 2.75) is 39.2 Å². The number of rotatable bonds is 4. The van der Waals surface area contributed by atoms with Crippen LogP contribution in [-0.4, -0.2) is 41.1 Å². The highest BCUT2D eigenvalue weighted by molar-refractivity contribution is 6.31. The van der Waals surface area contributed by atoms with E-state index in [0.29, 0.717) is 29.4 Å². The van der Waals surface area contributed by atoms with E-state index >= 15 is 0 Å². The Labute approximate surface area is 146 Å². The monoisotopic (exact) mass is 351 g/mol. The van der Waals surface area contributed by atoms with Crippen molar-refractivity contribution in [2.24, 2.45) is 11.3 Å². The Bertz CT molecular complexity index is 665. The molecule has 1 aromatic carbocycles. The van der Waals surface area contributed by atoms with Crippen molar-refractivity contribution in [1.82, 2.24) is 4.90 Å². The van der Waals surface area contributed by atoms with Gasteiger partial charge < -0.3 is 14.7 Å². The van der Waals surface area contributed by atoms with Gasteiger partial charge >= 0.3 is 5.97 Å². The van der Waals surface area contributed by atoms with E-state index in [0.717, 1.165) is 19.3 Å². The lowest BCUT2D eigenvalue weighted by Crippen LogP contribution is -2.40. The number of halogens is 1. The molecule has 5 nitrogen and oxygen atoms in total. The minimum Gasteiger partial charge on any atom is -0.490 e. The van der Waals surface area contributed by atoms with Crippen molar-refractivity contribution in [3.8, 4) is 5.75 Å². The second-order valence-electron chi connectivity index (χ2n) is 7.06. The molecule has 130 valence electrons. The summed E-state index contributed by atoms with van der Waals surface area (Å²) in [5.74, 6) is -0.511. The van der Waals surface area contributed by atoms with Crippen LogP contribution in [0.15, 0.2) is 18.2 Å². The highest BCUT2D eigenvalue weighted by Gasteiger charge is 2.59. The molecular weight excluding hydrogens is 330 g/mol. The van der Waals surface area contributed by atoms with Crippen LogP contribution in [-0.2, 0) is 4.79 Å². The number of nitrogens with zero attached hydrogens (tertiary/aromatic N) is 1. The molecule has 1 spiro atoms. The zero-order chi connectivity index (χ0) is 17.5. The Morgan fingerprint density at radius 3 is 2.54 bits per heavy atom. The van der Waals surface area contributed by atoms with Crippen molar-refractivity contribution < 1.29 is 19.4 Å². The lowest BCUT2D eigenvalue weighted by molar-refractivity contribution is -0.139. The SMILES string of the molecule is CC(C)Oc1ccc(Cl)cc1C(=O)N1CCC2(CC1)CC2C(=O)O. The van der Waals surface area contributed by atoms with Crippen LogP contribution >= 0.6 is 11.6 Å². The molecule has 1 aromatic rings. The second kappa shape index (κ2) is 6.28. The maximum absolute atomic E-state index is 12.9. The van der Waals surface area contributed by atoms with E-state index in [1.807, 2.05) is 13.8 Å². The third kappa shape index (κ3) is 3.22. The Kier molecular flexibility index (Phi) is 4.47. The molecule has 0 aromatic heterocycles. The number of hydrogen-bond acceptors (Lipinski definition) is 3. The molecule has 1 unspecified atom stereocenters. The average Bonchev–Trinajstić information content (AvgIpc) is 3.23. The summed E-state index contributed by atoms with van der Waals surface area (Å²) in [4.78, 5) is 25.8. The van der Waals surface area contributed by atoms with Gasteiger partial charge in [0.25, 0.3) is 5.91 Å². The predicted octanol–water partition coefficient (Wildman–Crippen LogP) is 3.45. The molecule has 6 heteroatoms. The first-order valence-electron chi connectivity index (χ1n) is 8.31. The smallest absolute Gasteiger partial charge is 0.307 e. The average molecular weight is 352 g/mol. The molecule has 1 atom stereocenters. The van der Waals surface area contributed by atoms with E-state index in [-0.39, 0.29) is 23.3 Å². The normalized spacial score (nSPS) is 21.8. The summed E-state index contributed by atoms with van der Waals surface area (Å²) in [6.45, 7) is 4.98. The number of hydrogen-bond donors (Lipinski definition) is 1. The number of amides is 1. The largest absolute Gasteiger partial charge is 0.490 e. The van der Waals surface area contributed by atoms with Gasteiger partial charge in [-0.2, -0.15) is 0 Å². The van der Waals surface area contributed by atoms with Crippen LogP contribution in [0.25, 0.3) is 0 Å². The zero-order valence-corrected chi connectivity index (χ0v) is 14.7. The van der Waals surface area contributed by atoms with Crippen LogP contribution in [0.5, 0.6) is 5.75 Å². The molecule has 0 bridgehead atoms. The summed E-state index contributed by atoms with van der Waals surface area (Å²) in [7, 11) is 0. The van der Waals surface area contributed by atoms with Crippen LogP contribution < -0.4 is 4.74 Å². The highest BCUT2D eigenvalue weighted by Crippen LogP contribution is 2.59. The van der Waals surface area contributed by atoms with E-state index in [4.69, 9.17) is 21.4 Å². The molecule has 1 heterocycles. The molecule has 1 N–H and O–H groups in total. The summed E-state index contributed by atoms with van der Waals surface area (Å²) in [5.41, 5.74) is 0.381. The lowest BCUT2D eigenvalue weighted by Gasteiger charge is -2.33. The Hall–Kier alpha value is -1.75. The van der Waals surface area contributed by atoms with Crippen molar-refractivity contribution in [2.75, 3.05) is 13.1 Å². The molecule has 24 heavy (non-hydrogen) atoms. The van der Waals surface area contributed by atoms with E-state index in [9.17, 15) is 9.59 Å². The van der Waals surface area contributed by atoms with E-state index in [2.05, 4.69) is 0 Å². The fourth-order valence-corrected chi connectivity index (χ4v) is 3.77. The number of carbonyl (C=O) groups is 2. The fraction of sp³-hybridized carbons (Fsp3) is 0.556. The quantitative estimate of drug-likeness (QED) is 0.902. The Morgan fingerprint density at radius 1 is 1.33 bits per heavy atom. The molecule has 1 amide bonds. The molecule has 1 aliphatic carbocycles. The number of carboxylic acids is 1. The summed E-state index contributed by atoms with van der Waals surface area (Å²) >= 11 is 6.05. The van der Waals surface area contributed by atoms with Gasteiger partial charge in [-0.05, 0) is 56.7 Å². The minimum absolute atomic E-state index is 0.0369. The first-order valence-corrected chi connectivity index (χ1v) is 8.68. The standard InChI is InChI=1S/C18H22ClNO4/c1-11(2)24-15-4-3-12(19)9-13(15)16(21)20-7-5-18(6-8-20)10-14(18)17(22)23/h3-4,9,11,14H,5-8,10H2,1-2H3,(H,22,23). The maximum Gasteiger partial charge on any atom is 0.307 e. The Morgan fingerprint density at radius 2 is 2.00 bits per heavy atom. The van der Waals surface area contributed by atoms with Gasteiger partial charge in [0, 0.05) is 18.1 Å². The minimum atomic E-state index is -0.711. The van der Waals surface area contributed by atoms with Gasteiger partial charge in [0.1, 0.15) is 5.75 Å². The van der Waals surface area contributed by atoms with Crippen LogP contribution in [0.1, 0.15) is 43.5 Å². The van der Waals surface area contributed by atoms with E-state index in [1.165, 1.54) is 0 Å². The number of ether oxygens (including phenoxy) is 1. The number of carboxylic acid groups (broad SMARTS) is 1. The summed E-state index contributed by atoms with van der Waals surface area (Å²) in [6.07, 6.45) is 2.20. The molecule has 1 saturated carbocycles. The lowest BCUT2D eigenvalue weighted by atomic mass is 9.90. The van der Waals surface area contributed by atoms with Crippen LogP contribution in [0, 0.1) is 11.3 Å². The van der Waals surface area contributed by atoms with Crippen LogP contribution in [0.2, 0.25) is 5.02 Å². The summed E-state index contributed by atoms with van der Waals surface area (Å²) in [5, 5.41) is 9.66. The van der Waals surface area contributed by atoms with Crippen molar-refractivity contribution >= 4 is 23.5 Å². The summed E-state index contributed by atoms with van der Waals surface area (Å²) in [6, 6.07) is 5.08. The molecule has 1 aliphatic heterocycles.